The van der Waals surface area contributed by atoms with Crippen LogP contribution in [0.2, 0.25) is 0 Å². The molecule has 1 aliphatic rings. The van der Waals surface area contributed by atoms with Gasteiger partial charge in [-0.25, -0.2) is 24.1 Å². The fourth-order valence-corrected chi connectivity index (χ4v) is 5.01. The monoisotopic (exact) mass is 605 g/mol. The zero-order valence-electron chi connectivity index (χ0n) is 22.4. The van der Waals surface area contributed by atoms with Crippen LogP contribution in [0.15, 0.2) is 47.8 Å². The van der Waals surface area contributed by atoms with Gasteiger partial charge in [0.25, 0.3) is 0 Å². The summed E-state index contributed by atoms with van der Waals surface area (Å²) in [5.74, 6) is 0.595. The van der Waals surface area contributed by atoms with Crippen LogP contribution in [0.25, 0.3) is 33.2 Å². The summed E-state index contributed by atoms with van der Waals surface area (Å²) < 4.78 is 44.7. The zero-order chi connectivity index (χ0) is 31.1. The molecule has 0 atom stereocenters. The number of amides is 1. The fraction of sp³-hybridized carbons (Fsp3) is 0.320. The Morgan fingerprint density at radius 1 is 1.14 bits per heavy atom. The first-order chi connectivity index (χ1) is 20.3. The largest absolute Gasteiger partial charge is 0.504 e. The average Bonchev–Trinajstić information content (AvgIpc) is 3.72. The third-order valence-corrected chi connectivity index (χ3v) is 6.88. The van der Waals surface area contributed by atoms with Gasteiger partial charge in [-0.1, -0.05) is 12.8 Å². The standard InChI is InChI=1S/C23H21F3N8O4.C2H5NO2/c24-22(25,26)32-11-12(8-29-32)14-9-27-15-5-6-18(31-20(14)15)30-19-7-16-17(10-28-19)34(23(36,37)38)21(35)33(16)13-3-1-2-4-13;1-5-2(3)4/h5-11,13,27,36-38H,1-4H2,(H,28,30,31);1H3,(H2,3,4). The zero-order valence-corrected chi connectivity index (χ0v) is 22.4. The van der Waals surface area contributed by atoms with Crippen LogP contribution in [0, 0.1) is 0 Å². The summed E-state index contributed by atoms with van der Waals surface area (Å²) in [4.78, 5) is 34.2. The predicted octanol–water partition coefficient (Wildman–Crippen LogP) is 2.53. The smallest absolute Gasteiger partial charge is 0.453 e. The summed E-state index contributed by atoms with van der Waals surface area (Å²) in [6, 6.07) is 4.69. The molecule has 1 saturated carbocycles. The molecular weight excluding hydrogens is 579 g/mol. The van der Waals surface area contributed by atoms with Gasteiger partial charge in [0.05, 0.1) is 41.6 Å². The molecule has 0 spiro atoms. The molecule has 7 N–H and O–H groups in total. The number of nitrogens with zero attached hydrogens (tertiary/aromatic N) is 6. The number of rotatable bonds is 5. The van der Waals surface area contributed by atoms with Gasteiger partial charge >= 0.3 is 24.2 Å². The van der Waals surface area contributed by atoms with Gasteiger partial charge in [0.2, 0.25) is 0 Å². The Balaban J connectivity index is 0.000000682. The minimum Gasteiger partial charge on any atom is -0.453 e. The number of aromatic amines is 1. The van der Waals surface area contributed by atoms with Crippen LogP contribution in [0.5, 0.6) is 0 Å². The van der Waals surface area contributed by atoms with Crippen LogP contribution < -0.4 is 16.7 Å². The first-order valence-corrected chi connectivity index (χ1v) is 12.8. The number of methoxy groups -OCH3 is 1. The van der Waals surface area contributed by atoms with Gasteiger partial charge in [0.1, 0.15) is 11.6 Å². The summed E-state index contributed by atoms with van der Waals surface area (Å²) in [5.41, 5.74) is 5.64. The summed E-state index contributed by atoms with van der Waals surface area (Å²) in [6.07, 6.45) is -0.796. The van der Waals surface area contributed by atoms with Crippen LogP contribution in [0.1, 0.15) is 31.7 Å². The topological polar surface area (TPSA) is 211 Å². The van der Waals surface area contributed by atoms with Crippen molar-refractivity contribution in [2.24, 2.45) is 5.73 Å². The molecule has 5 heterocycles. The Kier molecular flexibility index (Phi) is 7.59. The minimum atomic E-state index is -4.64. The van der Waals surface area contributed by atoms with Crippen LogP contribution in [-0.2, 0) is 17.1 Å². The first-order valence-electron chi connectivity index (χ1n) is 12.8. The number of primary amides is 1. The van der Waals surface area contributed by atoms with Gasteiger partial charge in [-0.3, -0.25) is 4.57 Å². The second-order valence-electron chi connectivity index (χ2n) is 9.67. The number of carbonyl (C=O) groups excluding carboxylic acids is 1. The van der Waals surface area contributed by atoms with Gasteiger partial charge in [-0.05, 0) is 25.0 Å². The minimum absolute atomic E-state index is 0.0259. The van der Waals surface area contributed by atoms with Gasteiger partial charge in [-0.2, -0.15) is 9.78 Å². The van der Waals surface area contributed by atoms with E-state index >= 15 is 0 Å². The van der Waals surface area contributed by atoms with Crippen molar-refractivity contribution in [1.82, 2.24) is 33.9 Å². The van der Waals surface area contributed by atoms with Crippen molar-refractivity contribution in [2.75, 3.05) is 12.4 Å². The number of imidazole rings is 1. The number of carbonyl (C=O) groups is 1. The number of hydrogen-bond donors (Lipinski definition) is 6. The molecule has 1 fully saturated rings. The number of anilines is 2. The Hall–Kier alpha value is -4.94. The molecule has 5 aromatic rings. The van der Waals surface area contributed by atoms with E-state index in [2.05, 4.69) is 35.8 Å². The third-order valence-electron chi connectivity index (χ3n) is 6.88. The van der Waals surface area contributed by atoms with E-state index < -0.39 is 24.2 Å². The van der Waals surface area contributed by atoms with Crippen molar-refractivity contribution in [3.05, 3.63) is 53.5 Å². The number of aromatic nitrogens is 7. The van der Waals surface area contributed by atoms with Crippen molar-refractivity contribution >= 4 is 39.8 Å². The first kappa shape index (κ1) is 29.5. The maximum absolute atomic E-state index is 13.0. The second kappa shape index (κ2) is 11.0. The molecule has 0 bridgehead atoms. The van der Waals surface area contributed by atoms with Crippen molar-refractivity contribution in [2.45, 2.75) is 44.1 Å². The molecule has 0 saturated heterocycles. The highest BCUT2D eigenvalue weighted by Gasteiger charge is 2.33. The average molecular weight is 606 g/mol. The number of pyridine rings is 2. The number of hydrogen-bond acceptors (Lipinski definition) is 10. The summed E-state index contributed by atoms with van der Waals surface area (Å²) >= 11 is 0. The number of ether oxygens (including phenoxy) is 1. The number of fused-ring (bicyclic) bond motifs is 2. The van der Waals surface area contributed by atoms with Gasteiger partial charge < -0.3 is 36.1 Å². The number of nitrogens with one attached hydrogen (secondary N) is 2. The van der Waals surface area contributed by atoms with Crippen molar-refractivity contribution < 1.29 is 38.0 Å². The van der Waals surface area contributed by atoms with Gasteiger partial charge in [0, 0.05) is 35.6 Å². The highest BCUT2D eigenvalue weighted by molar-refractivity contribution is 5.93. The molecular formula is C25H26F3N9O6. The molecule has 0 radical (unpaired) electrons. The third kappa shape index (κ3) is 5.87. The van der Waals surface area contributed by atoms with E-state index in [-0.39, 0.29) is 27.6 Å². The number of nitrogens with two attached hydrogens (primary N) is 1. The molecule has 228 valence electrons. The summed E-state index contributed by atoms with van der Waals surface area (Å²) in [7, 11) is 1.22. The Morgan fingerprint density at radius 2 is 1.84 bits per heavy atom. The highest BCUT2D eigenvalue weighted by atomic mass is 19.4. The van der Waals surface area contributed by atoms with Crippen molar-refractivity contribution in [3.8, 4) is 11.1 Å². The molecule has 1 amide bonds. The lowest BCUT2D eigenvalue weighted by Gasteiger charge is -2.15. The maximum Gasteiger partial charge on any atom is 0.504 e. The molecule has 5 aromatic heterocycles. The molecule has 0 unspecified atom stereocenters. The molecule has 15 nitrogen and oxygen atoms in total. The fourth-order valence-electron chi connectivity index (χ4n) is 5.01. The van der Waals surface area contributed by atoms with E-state index in [0.29, 0.717) is 32.5 Å². The van der Waals surface area contributed by atoms with E-state index in [1.165, 1.54) is 30.1 Å². The number of aliphatic hydroxyl groups is 3. The predicted molar refractivity (Wildman–Crippen MR) is 145 cm³/mol. The van der Waals surface area contributed by atoms with Crippen LogP contribution in [-0.4, -0.2) is 62.4 Å². The lowest BCUT2D eigenvalue weighted by Crippen LogP contribution is -2.41. The molecule has 43 heavy (non-hydrogen) atoms. The number of halogens is 3. The second-order valence-corrected chi connectivity index (χ2v) is 9.67. The quantitative estimate of drug-likeness (QED) is 0.161. The van der Waals surface area contributed by atoms with E-state index in [0.717, 1.165) is 38.1 Å². The normalized spacial score (nSPS) is 14.2. The van der Waals surface area contributed by atoms with Crippen LogP contribution >= 0.6 is 0 Å². The molecule has 0 aliphatic heterocycles. The Morgan fingerprint density at radius 3 is 2.44 bits per heavy atom. The van der Waals surface area contributed by atoms with Crippen molar-refractivity contribution in [3.63, 3.8) is 0 Å². The van der Waals surface area contributed by atoms with E-state index in [1.807, 2.05) is 0 Å². The molecule has 1 aliphatic carbocycles. The van der Waals surface area contributed by atoms with E-state index in [1.54, 1.807) is 12.1 Å². The van der Waals surface area contributed by atoms with Gasteiger partial charge in [0.15, 0.2) is 0 Å². The van der Waals surface area contributed by atoms with Gasteiger partial charge in [-0.15, -0.1) is 13.2 Å². The van der Waals surface area contributed by atoms with E-state index in [4.69, 9.17) is 0 Å². The highest BCUT2D eigenvalue weighted by Crippen LogP contribution is 2.34. The SMILES string of the molecule is COC(N)=O.O=c1n(C2CCCC2)c2cc(Nc3ccc4[nH]cc(-c5cnn(C(F)(F)F)c5)c4n3)ncc2n1C(O)(O)O. The Labute approximate surface area is 239 Å². The summed E-state index contributed by atoms with van der Waals surface area (Å²) in [5, 5.41) is 35.8. The molecule has 18 heteroatoms. The van der Waals surface area contributed by atoms with Crippen LogP contribution in [0.3, 0.4) is 0 Å². The number of H-pyrrole nitrogens is 1. The molecule has 0 aromatic carbocycles. The summed E-state index contributed by atoms with van der Waals surface area (Å²) in [6.45, 7) is 0. The van der Waals surface area contributed by atoms with E-state index in [9.17, 15) is 38.1 Å². The number of alkyl halides is 3. The lowest BCUT2D eigenvalue weighted by molar-refractivity contribution is -0.374. The van der Waals surface area contributed by atoms with Crippen molar-refractivity contribution in [1.29, 1.82) is 0 Å². The van der Waals surface area contributed by atoms with Crippen LogP contribution in [0.4, 0.5) is 29.6 Å². The molecule has 6 rings (SSSR count). The maximum atomic E-state index is 13.0. The lowest BCUT2D eigenvalue weighted by atomic mass is 10.1. The Bertz CT molecular complexity index is 1850.